The highest BCUT2D eigenvalue weighted by Gasteiger charge is 2.18. The maximum Gasteiger partial charge on any atom is 0.192 e. The van der Waals surface area contributed by atoms with Gasteiger partial charge in [0.1, 0.15) is 0 Å². The zero-order valence-electron chi connectivity index (χ0n) is 13.7. The third-order valence-corrected chi connectivity index (χ3v) is 5.20. The average molecular weight is 289 g/mol. The minimum atomic E-state index is 0.159. The molecule has 0 saturated carbocycles. The first-order chi connectivity index (χ1) is 10.4. The third kappa shape index (κ3) is 1.42. The Morgan fingerprint density at radius 1 is 0.818 bits per heavy atom. The Kier molecular flexibility index (Phi) is 2.48. The number of hydrogen-bond acceptors (Lipinski definition) is 1. The van der Waals surface area contributed by atoms with Crippen molar-refractivity contribution in [3.63, 3.8) is 0 Å². The van der Waals surface area contributed by atoms with Gasteiger partial charge in [-0.05, 0) is 69.5 Å². The molecule has 0 aliphatic carbocycles. The normalized spacial score (nSPS) is 12.0. The van der Waals surface area contributed by atoms with Gasteiger partial charge in [-0.3, -0.25) is 4.79 Å². The molecule has 2 aromatic heterocycles. The van der Waals surface area contributed by atoms with Gasteiger partial charge >= 0.3 is 0 Å². The van der Waals surface area contributed by atoms with E-state index in [-0.39, 0.29) is 5.43 Å². The van der Waals surface area contributed by atoms with Crippen molar-refractivity contribution < 1.29 is 0 Å². The molecule has 0 aliphatic rings. The highest BCUT2D eigenvalue weighted by molar-refractivity contribution is 6.15. The molecule has 4 aromatic rings. The molecule has 4 rings (SSSR count). The van der Waals surface area contributed by atoms with Crippen LogP contribution in [0.1, 0.15) is 27.9 Å². The molecule has 0 fully saturated rings. The van der Waals surface area contributed by atoms with Crippen LogP contribution < -0.4 is 5.43 Å². The van der Waals surface area contributed by atoms with E-state index in [2.05, 4.69) is 43.4 Å². The van der Waals surface area contributed by atoms with E-state index >= 15 is 0 Å². The fraction of sp³-hybridized carbons (Fsp3) is 0.250. The summed E-state index contributed by atoms with van der Waals surface area (Å²) in [5.41, 5.74) is 8.14. The SMILES string of the molecule is Cc1cc2c3c(C)ccc4c(=O)c(C)c(C)n(c2cc1C)c43. The van der Waals surface area contributed by atoms with Crippen LogP contribution in [0.15, 0.2) is 29.1 Å². The first-order valence-corrected chi connectivity index (χ1v) is 7.69. The Bertz CT molecular complexity index is 1130. The van der Waals surface area contributed by atoms with E-state index < -0.39 is 0 Å². The van der Waals surface area contributed by atoms with Gasteiger partial charge in [0, 0.05) is 27.4 Å². The molecule has 0 N–H and O–H groups in total. The van der Waals surface area contributed by atoms with E-state index in [0.717, 1.165) is 22.2 Å². The molecular formula is C20H19NO. The summed E-state index contributed by atoms with van der Waals surface area (Å²) in [6.07, 6.45) is 0. The topological polar surface area (TPSA) is 21.5 Å². The van der Waals surface area contributed by atoms with E-state index in [1.54, 1.807) is 0 Å². The third-order valence-electron chi connectivity index (χ3n) is 5.20. The number of nitrogens with zero attached hydrogens (tertiary/aromatic N) is 1. The molecular weight excluding hydrogens is 270 g/mol. The average Bonchev–Trinajstić information content (AvgIpc) is 2.80. The van der Waals surface area contributed by atoms with Gasteiger partial charge in [0.15, 0.2) is 5.43 Å². The van der Waals surface area contributed by atoms with Crippen LogP contribution in [-0.4, -0.2) is 4.40 Å². The number of aromatic nitrogens is 1. The number of hydrogen-bond donors (Lipinski definition) is 0. The van der Waals surface area contributed by atoms with Crippen LogP contribution in [0.25, 0.3) is 27.2 Å². The molecule has 110 valence electrons. The molecule has 2 nitrogen and oxygen atoms in total. The van der Waals surface area contributed by atoms with Crippen LogP contribution in [0.5, 0.6) is 0 Å². The van der Waals surface area contributed by atoms with Gasteiger partial charge in [-0.2, -0.15) is 0 Å². The smallest absolute Gasteiger partial charge is 0.192 e. The number of benzene rings is 2. The van der Waals surface area contributed by atoms with Gasteiger partial charge in [0.05, 0.1) is 11.0 Å². The van der Waals surface area contributed by atoms with Crippen molar-refractivity contribution in [2.75, 3.05) is 0 Å². The Morgan fingerprint density at radius 2 is 1.50 bits per heavy atom. The largest absolute Gasteiger partial charge is 0.312 e. The monoisotopic (exact) mass is 289 g/mol. The van der Waals surface area contributed by atoms with Crippen molar-refractivity contribution in [1.82, 2.24) is 4.40 Å². The molecule has 0 saturated heterocycles. The lowest BCUT2D eigenvalue weighted by atomic mass is 10.0. The van der Waals surface area contributed by atoms with Crippen molar-refractivity contribution in [3.8, 4) is 0 Å². The Morgan fingerprint density at radius 3 is 2.23 bits per heavy atom. The molecule has 2 heterocycles. The van der Waals surface area contributed by atoms with Gasteiger partial charge in [-0.15, -0.1) is 0 Å². The van der Waals surface area contributed by atoms with Crippen molar-refractivity contribution in [2.24, 2.45) is 0 Å². The van der Waals surface area contributed by atoms with Gasteiger partial charge in [-0.1, -0.05) is 6.07 Å². The number of fused-ring (bicyclic) bond motifs is 3. The molecule has 0 amide bonds. The molecule has 2 heteroatoms. The summed E-state index contributed by atoms with van der Waals surface area (Å²) in [7, 11) is 0. The lowest BCUT2D eigenvalue weighted by Gasteiger charge is -2.09. The van der Waals surface area contributed by atoms with Crippen LogP contribution in [0.3, 0.4) is 0 Å². The van der Waals surface area contributed by atoms with Gasteiger partial charge < -0.3 is 4.40 Å². The summed E-state index contributed by atoms with van der Waals surface area (Å²) in [6, 6.07) is 8.56. The summed E-state index contributed by atoms with van der Waals surface area (Å²) < 4.78 is 2.27. The number of pyridine rings is 1. The minimum Gasteiger partial charge on any atom is -0.312 e. The molecule has 0 unspecified atom stereocenters. The van der Waals surface area contributed by atoms with Crippen molar-refractivity contribution in [2.45, 2.75) is 34.6 Å². The Balaban J connectivity index is 2.52. The van der Waals surface area contributed by atoms with Crippen molar-refractivity contribution in [3.05, 3.63) is 62.4 Å². The van der Waals surface area contributed by atoms with E-state index in [1.165, 1.54) is 33.0 Å². The quantitative estimate of drug-likeness (QED) is 0.464. The summed E-state index contributed by atoms with van der Waals surface area (Å²) in [4.78, 5) is 12.7. The second-order valence-corrected chi connectivity index (χ2v) is 6.48. The Labute approximate surface area is 129 Å². The molecule has 22 heavy (non-hydrogen) atoms. The highest BCUT2D eigenvalue weighted by Crippen LogP contribution is 2.35. The van der Waals surface area contributed by atoms with Gasteiger partial charge in [0.25, 0.3) is 0 Å². The highest BCUT2D eigenvalue weighted by atomic mass is 16.1. The van der Waals surface area contributed by atoms with Crippen molar-refractivity contribution in [1.29, 1.82) is 0 Å². The molecule has 0 spiro atoms. The molecule has 2 aromatic carbocycles. The standard InChI is InChI=1S/C20H19NO/c1-10-6-7-15-19-18(10)16-8-11(2)12(3)9-17(16)21(19)14(5)13(4)20(15)22/h6-9H,1-5H3. The maximum atomic E-state index is 12.7. The van der Waals surface area contributed by atoms with Gasteiger partial charge in [0.2, 0.25) is 0 Å². The van der Waals surface area contributed by atoms with Crippen LogP contribution in [0, 0.1) is 34.6 Å². The van der Waals surface area contributed by atoms with Crippen molar-refractivity contribution >= 4 is 27.2 Å². The second kappa shape index (κ2) is 4.10. The van der Waals surface area contributed by atoms with Gasteiger partial charge in [-0.25, -0.2) is 0 Å². The minimum absolute atomic E-state index is 0.159. The summed E-state index contributed by atoms with van der Waals surface area (Å²) in [5.74, 6) is 0. The summed E-state index contributed by atoms with van der Waals surface area (Å²) in [5, 5.41) is 3.30. The Hall–Kier alpha value is -2.35. The number of rotatable bonds is 0. The molecule has 0 atom stereocenters. The molecule has 0 bridgehead atoms. The predicted molar refractivity (Wildman–Crippen MR) is 93.6 cm³/mol. The van der Waals surface area contributed by atoms with Crippen LogP contribution in [0.2, 0.25) is 0 Å². The summed E-state index contributed by atoms with van der Waals surface area (Å²) >= 11 is 0. The maximum absolute atomic E-state index is 12.7. The van der Waals surface area contributed by atoms with E-state index in [9.17, 15) is 4.79 Å². The summed E-state index contributed by atoms with van der Waals surface area (Å²) in [6.45, 7) is 10.4. The van der Waals surface area contributed by atoms with E-state index in [1.807, 2.05) is 19.9 Å². The van der Waals surface area contributed by atoms with Crippen LogP contribution in [0.4, 0.5) is 0 Å². The van der Waals surface area contributed by atoms with Crippen LogP contribution in [-0.2, 0) is 0 Å². The van der Waals surface area contributed by atoms with Crippen LogP contribution >= 0.6 is 0 Å². The molecule has 0 radical (unpaired) electrons. The van der Waals surface area contributed by atoms with E-state index in [0.29, 0.717) is 0 Å². The fourth-order valence-corrected chi connectivity index (χ4v) is 3.64. The molecule has 0 aliphatic heterocycles. The van der Waals surface area contributed by atoms with E-state index in [4.69, 9.17) is 0 Å². The zero-order valence-corrected chi connectivity index (χ0v) is 13.7. The zero-order chi connectivity index (χ0) is 15.8. The predicted octanol–water partition coefficient (Wildman–Crippen LogP) is 4.59. The fourth-order valence-electron chi connectivity index (χ4n) is 3.64. The number of aryl methyl sites for hydroxylation is 4. The lowest BCUT2D eigenvalue weighted by Crippen LogP contribution is -2.11. The lowest BCUT2D eigenvalue weighted by molar-refractivity contribution is 1.10. The first-order valence-electron chi connectivity index (χ1n) is 7.69. The first kappa shape index (κ1) is 13.3. The second-order valence-electron chi connectivity index (χ2n) is 6.48.